The fourth-order valence-electron chi connectivity index (χ4n) is 1.01. The molecule has 11 heavy (non-hydrogen) atoms. The molecule has 1 aromatic heterocycles. The molecule has 2 rings (SSSR count). The predicted octanol–water partition coefficient (Wildman–Crippen LogP) is 1.79. The van der Waals surface area contributed by atoms with Gasteiger partial charge in [-0.15, -0.1) is 0 Å². The summed E-state index contributed by atoms with van der Waals surface area (Å²) in [6.07, 6.45) is 0. The van der Waals surface area contributed by atoms with E-state index in [0.29, 0.717) is 5.58 Å². The lowest BCUT2D eigenvalue weighted by Gasteiger charge is -1.91. The van der Waals surface area contributed by atoms with Crippen molar-refractivity contribution in [3.8, 4) is 0 Å². The van der Waals surface area contributed by atoms with Crippen molar-refractivity contribution < 1.29 is 4.42 Å². The van der Waals surface area contributed by atoms with E-state index < -0.39 is 0 Å². The van der Waals surface area contributed by atoms with E-state index in [9.17, 15) is 4.79 Å². The topological polar surface area (TPSA) is 30.2 Å². The second kappa shape index (κ2) is 2.23. The van der Waals surface area contributed by atoms with Crippen LogP contribution in [-0.4, -0.2) is 0 Å². The van der Waals surface area contributed by atoms with Crippen LogP contribution in [0.5, 0.6) is 0 Å². The third-order valence-corrected chi connectivity index (χ3v) is 1.53. The van der Waals surface area contributed by atoms with Crippen LogP contribution in [-0.2, 0) is 0 Å². The maximum Gasteiger partial charge on any atom is 0.336 e. The Balaban J connectivity index is 2.94. The van der Waals surface area contributed by atoms with Gasteiger partial charge in [-0.05, 0) is 12.1 Å². The lowest BCUT2D eigenvalue weighted by atomic mass is 10.3. The molecule has 0 saturated heterocycles. The zero-order chi connectivity index (χ0) is 7.68. The molecule has 1 heterocycles. The first-order chi connectivity index (χ1) is 5.36. The van der Waals surface area contributed by atoms with E-state index in [2.05, 4.69) is 0 Å². The molecule has 0 spiro atoms. The van der Waals surface area contributed by atoms with Crippen molar-refractivity contribution in [2.24, 2.45) is 0 Å². The second-order valence-electron chi connectivity index (χ2n) is 2.29. The van der Waals surface area contributed by atoms with Gasteiger partial charge in [0.1, 0.15) is 5.58 Å². The minimum absolute atomic E-state index is 0.302. The smallest absolute Gasteiger partial charge is 0.336 e. The fourth-order valence-corrected chi connectivity index (χ4v) is 1.01. The van der Waals surface area contributed by atoms with Gasteiger partial charge in [0.2, 0.25) is 0 Å². The molecule has 2 heteroatoms. The molecule has 0 atom stereocenters. The van der Waals surface area contributed by atoms with Crippen LogP contribution in [0.15, 0.2) is 45.6 Å². The van der Waals surface area contributed by atoms with Crippen molar-refractivity contribution >= 4 is 11.0 Å². The molecule has 0 aliphatic carbocycles. The monoisotopic (exact) mass is 148 g/mol. The molecule has 0 fully saturated rings. The van der Waals surface area contributed by atoms with Gasteiger partial charge in [0.15, 0.2) is 0 Å². The highest BCUT2D eigenvalue weighted by molar-refractivity contribution is 5.75. The molecule has 0 N–H and O–H groups in total. The van der Waals surface area contributed by atoms with Crippen molar-refractivity contribution in [1.29, 1.82) is 0 Å². The Morgan fingerprint density at radius 1 is 1.27 bits per heavy atom. The minimum Gasteiger partial charge on any atom is -0.423 e. The molecule has 0 radical (unpaired) electrons. The summed E-state index contributed by atoms with van der Waals surface area (Å²) in [5.41, 5.74) is 0.337. The third kappa shape index (κ3) is 1.03. The van der Waals surface area contributed by atoms with Crippen molar-refractivity contribution in [1.82, 2.24) is 0 Å². The summed E-state index contributed by atoms with van der Waals surface area (Å²) in [5, 5.41) is 0.951. The molecular weight excluding hydrogens is 142 g/mol. The van der Waals surface area contributed by atoms with Crippen molar-refractivity contribution in [2.75, 3.05) is 0 Å². The van der Waals surface area contributed by atoms with Crippen LogP contribution in [0.4, 0.5) is 0 Å². The van der Waals surface area contributed by atoms with E-state index >= 15 is 0 Å². The average molecular weight is 148 g/mol. The Bertz CT molecular complexity index is 429. The van der Waals surface area contributed by atoms with Crippen molar-refractivity contribution in [3.05, 3.63) is 46.8 Å². The van der Waals surface area contributed by atoms with E-state index in [1.54, 1.807) is 12.1 Å². The maximum absolute atomic E-state index is 10.7. The van der Waals surface area contributed by atoms with Gasteiger partial charge in [0, 0.05) is 11.5 Å². The van der Waals surface area contributed by atoms with Gasteiger partial charge in [-0.3, -0.25) is 0 Å². The number of fused-ring (bicyclic) bond motifs is 1. The van der Waals surface area contributed by atoms with Crippen LogP contribution in [0.2, 0.25) is 0 Å². The Kier molecular flexibility index (Phi) is 1.25. The van der Waals surface area contributed by atoms with Crippen LogP contribution < -0.4 is 5.63 Å². The quantitative estimate of drug-likeness (QED) is 0.533. The van der Waals surface area contributed by atoms with Gasteiger partial charge in [-0.1, -0.05) is 18.2 Å². The number of rotatable bonds is 0. The molecule has 0 unspecified atom stereocenters. The summed E-state index contributed by atoms with van der Waals surface area (Å²) in [6.45, 7) is 0. The molecule has 0 saturated carbocycles. The molecule has 2 nitrogen and oxygen atoms in total. The van der Waals surface area contributed by atoms with Crippen LogP contribution in [0, 0.1) is 0 Å². The van der Waals surface area contributed by atoms with E-state index in [4.69, 9.17) is 4.42 Å². The number of hydrogen-bond acceptors (Lipinski definition) is 2. The maximum atomic E-state index is 10.7. The van der Waals surface area contributed by atoms with Crippen LogP contribution >= 0.6 is 0 Å². The van der Waals surface area contributed by atoms with Gasteiger partial charge >= 0.3 is 5.63 Å². The van der Waals surface area contributed by atoms with Crippen molar-refractivity contribution in [3.63, 3.8) is 0 Å². The Morgan fingerprint density at radius 2 is 2.09 bits per heavy atom. The summed E-state index contributed by atoms with van der Waals surface area (Å²) in [7, 11) is 0. The average Bonchev–Trinajstić information content (AvgIpc) is 2.04. The van der Waals surface area contributed by atoms with Gasteiger partial charge in [0.25, 0.3) is 0 Å². The second-order valence-corrected chi connectivity index (χ2v) is 2.29. The van der Waals surface area contributed by atoms with Gasteiger partial charge < -0.3 is 4.42 Å². The summed E-state index contributed by atoms with van der Waals surface area (Å²) in [5.74, 6) is 0. The third-order valence-electron chi connectivity index (χ3n) is 1.53. The van der Waals surface area contributed by atoms with Gasteiger partial charge in [-0.2, -0.15) is 0 Å². The van der Waals surface area contributed by atoms with E-state index in [1.165, 1.54) is 6.07 Å². The first-order valence-corrected chi connectivity index (χ1v) is 3.35. The van der Waals surface area contributed by atoms with E-state index in [0.717, 1.165) is 5.39 Å². The van der Waals surface area contributed by atoms with Crippen LogP contribution in [0.1, 0.15) is 0 Å². The molecular formula is C9H6O2. The zero-order valence-corrected chi connectivity index (χ0v) is 5.78. The molecule has 54 valence electrons. The molecule has 0 aliphatic heterocycles. The summed E-state index contributed by atoms with van der Waals surface area (Å²) in [4.78, 5) is 10.7. The first kappa shape index (κ1) is 6.16. The summed E-state index contributed by atoms with van der Waals surface area (Å²) >= 11 is 0. The zero-order valence-electron chi connectivity index (χ0n) is 5.78. The number of hydrogen-bond donors (Lipinski definition) is 0. The number of para-hydroxylation sites is 1. The van der Waals surface area contributed by atoms with Gasteiger partial charge in [0.05, 0.1) is 0 Å². The molecule has 2 aromatic rings. The summed E-state index contributed by atoms with van der Waals surface area (Å²) in [6, 6.07) is 10.6. The minimum atomic E-state index is -0.302. The van der Waals surface area contributed by atoms with Gasteiger partial charge in [-0.25, -0.2) is 4.79 Å². The normalized spacial score (nSPS) is 10.2. The highest BCUT2D eigenvalue weighted by Crippen LogP contribution is 2.08. The Morgan fingerprint density at radius 3 is 3.00 bits per heavy atom. The Labute approximate surface area is 63.1 Å². The highest BCUT2D eigenvalue weighted by atomic mass is 16.4. The largest absolute Gasteiger partial charge is 0.423 e. The molecule has 0 bridgehead atoms. The molecule has 1 aromatic carbocycles. The summed E-state index contributed by atoms with van der Waals surface area (Å²) < 4.78 is 4.91. The fraction of sp³-hybridized carbons (Fsp3) is 0. The SMILES string of the molecule is O=c1[14cH]cc2ccccc2o1. The predicted molar refractivity (Wildman–Crippen MR) is 42.5 cm³/mol. The lowest BCUT2D eigenvalue weighted by Crippen LogP contribution is -1.93. The molecule has 0 aliphatic rings. The highest BCUT2D eigenvalue weighted by Gasteiger charge is 1.92. The van der Waals surface area contributed by atoms with Crippen molar-refractivity contribution in [2.45, 2.75) is 0 Å². The first-order valence-electron chi connectivity index (χ1n) is 3.35. The lowest BCUT2D eigenvalue weighted by molar-refractivity contribution is 0.561. The Hall–Kier alpha value is -1.57. The van der Waals surface area contributed by atoms with Crippen LogP contribution in [0.25, 0.3) is 11.0 Å². The van der Waals surface area contributed by atoms with Crippen LogP contribution in [0.3, 0.4) is 0 Å². The van der Waals surface area contributed by atoms with E-state index in [1.807, 2.05) is 18.2 Å². The van der Waals surface area contributed by atoms with E-state index in [-0.39, 0.29) is 5.63 Å². The molecule has 0 amide bonds. The standard InChI is InChI=1S/C9H6O2/c10-9-6-5-7-3-1-2-4-8(7)11-9/h1-6H/i6+2. The number of benzene rings is 1.